The number of halogens is 6. The lowest BCUT2D eigenvalue weighted by molar-refractivity contribution is -0.163. The number of H-pyrrole nitrogens is 1. The molecule has 0 unspecified atom stereocenters. The molecule has 2 heterocycles. The number of nitrogens with zero attached hydrogens (tertiary/aromatic N) is 1. The number of nitrogens with one attached hydrogen (secondary N) is 2. The van der Waals surface area contributed by atoms with Gasteiger partial charge in [0.15, 0.2) is 0 Å². The number of pyridine rings is 1. The average molecular weight is 391 g/mol. The minimum absolute atomic E-state index is 0.000367. The van der Waals surface area contributed by atoms with E-state index in [-0.39, 0.29) is 25.0 Å². The van der Waals surface area contributed by atoms with E-state index in [4.69, 9.17) is 0 Å². The van der Waals surface area contributed by atoms with Crippen LogP contribution in [0.4, 0.5) is 26.3 Å². The van der Waals surface area contributed by atoms with Crippen LogP contribution >= 0.6 is 0 Å². The number of aromatic nitrogens is 2. The highest BCUT2D eigenvalue weighted by Crippen LogP contribution is 2.49. The van der Waals surface area contributed by atoms with Crippen LogP contribution in [0.2, 0.25) is 0 Å². The molecule has 2 aromatic rings. The predicted octanol–water partition coefficient (Wildman–Crippen LogP) is 4.15. The highest BCUT2D eigenvalue weighted by atomic mass is 19.4. The first-order valence-electron chi connectivity index (χ1n) is 8.01. The summed E-state index contributed by atoms with van der Waals surface area (Å²) in [5.74, 6) is -0.862. The number of hydrogen-bond acceptors (Lipinski definition) is 2. The van der Waals surface area contributed by atoms with Crippen molar-refractivity contribution in [3.8, 4) is 0 Å². The molecule has 2 aromatic heterocycles. The summed E-state index contributed by atoms with van der Waals surface area (Å²) in [5.41, 5.74) is -1.69. The Labute approximate surface area is 150 Å². The van der Waals surface area contributed by atoms with E-state index in [1.165, 1.54) is 12.3 Å². The molecule has 1 amide bonds. The number of carbonyl (C=O) groups is 1. The van der Waals surface area contributed by atoms with Crippen LogP contribution in [0, 0.1) is 6.92 Å². The van der Waals surface area contributed by atoms with Gasteiger partial charge >= 0.3 is 12.4 Å². The maximum absolute atomic E-state index is 13.0. The number of hydrogen-bond donors (Lipinski definition) is 2. The molecule has 0 bridgehead atoms. The van der Waals surface area contributed by atoms with Crippen LogP contribution in [0.15, 0.2) is 24.5 Å². The zero-order valence-corrected chi connectivity index (χ0v) is 14.1. The van der Waals surface area contributed by atoms with Gasteiger partial charge in [0.1, 0.15) is 16.9 Å². The summed E-state index contributed by atoms with van der Waals surface area (Å²) in [6.07, 6.45) is -6.65. The molecular formula is C17H15F6N3O. The SMILES string of the molecule is Cc1c(Cc2ccc(C(F)(F)F)nc2)c[nH]c1C(=O)NC1(C(F)(F)F)CC1. The third-order valence-electron chi connectivity index (χ3n) is 4.63. The van der Waals surface area contributed by atoms with E-state index in [9.17, 15) is 31.1 Å². The van der Waals surface area contributed by atoms with E-state index in [0.717, 1.165) is 12.3 Å². The fourth-order valence-electron chi connectivity index (χ4n) is 2.76. The second-order valence-electron chi connectivity index (χ2n) is 6.57. The van der Waals surface area contributed by atoms with Gasteiger partial charge in [-0.3, -0.25) is 9.78 Å². The number of rotatable bonds is 4. The van der Waals surface area contributed by atoms with E-state index in [2.05, 4.69) is 9.97 Å². The van der Waals surface area contributed by atoms with E-state index in [1.54, 1.807) is 6.92 Å². The Morgan fingerprint density at radius 2 is 1.89 bits per heavy atom. The summed E-state index contributed by atoms with van der Waals surface area (Å²) in [7, 11) is 0. The molecule has 3 rings (SSSR count). The van der Waals surface area contributed by atoms with Crippen LogP contribution in [0.25, 0.3) is 0 Å². The Kier molecular flexibility index (Phi) is 4.47. The van der Waals surface area contributed by atoms with E-state index in [1.807, 2.05) is 5.32 Å². The molecule has 0 spiro atoms. The minimum atomic E-state index is -4.54. The molecule has 0 aromatic carbocycles. The zero-order valence-electron chi connectivity index (χ0n) is 14.1. The Balaban J connectivity index is 1.73. The number of alkyl halides is 6. The third-order valence-corrected chi connectivity index (χ3v) is 4.63. The lowest BCUT2D eigenvalue weighted by Gasteiger charge is -2.20. The maximum atomic E-state index is 13.0. The van der Waals surface area contributed by atoms with Crippen molar-refractivity contribution in [1.29, 1.82) is 0 Å². The molecule has 0 atom stereocenters. The van der Waals surface area contributed by atoms with Gasteiger partial charge in [0.25, 0.3) is 5.91 Å². The summed E-state index contributed by atoms with van der Waals surface area (Å²) in [4.78, 5) is 18.2. The average Bonchev–Trinajstić information content (AvgIpc) is 3.26. The summed E-state index contributed by atoms with van der Waals surface area (Å²) >= 11 is 0. The van der Waals surface area contributed by atoms with E-state index in [0.29, 0.717) is 16.7 Å². The smallest absolute Gasteiger partial charge is 0.357 e. The topological polar surface area (TPSA) is 57.8 Å². The molecule has 1 aliphatic rings. The van der Waals surface area contributed by atoms with Gasteiger partial charge in [0.05, 0.1) is 0 Å². The molecule has 1 aliphatic carbocycles. The quantitative estimate of drug-likeness (QED) is 0.770. The zero-order chi connectivity index (χ0) is 20.0. The first kappa shape index (κ1) is 19.2. The molecule has 146 valence electrons. The largest absolute Gasteiger partial charge is 0.433 e. The Hall–Kier alpha value is -2.52. The monoisotopic (exact) mass is 391 g/mol. The van der Waals surface area contributed by atoms with E-state index >= 15 is 0 Å². The van der Waals surface area contributed by atoms with Gasteiger partial charge in [-0.25, -0.2) is 0 Å². The second kappa shape index (κ2) is 6.28. The van der Waals surface area contributed by atoms with Crippen molar-refractivity contribution < 1.29 is 31.1 Å². The minimum Gasteiger partial charge on any atom is -0.357 e. The van der Waals surface area contributed by atoms with Crippen LogP contribution in [-0.4, -0.2) is 27.6 Å². The van der Waals surface area contributed by atoms with Gasteiger partial charge in [0.2, 0.25) is 0 Å². The van der Waals surface area contributed by atoms with Crippen LogP contribution in [-0.2, 0) is 12.6 Å². The fraction of sp³-hybridized carbons (Fsp3) is 0.412. The van der Waals surface area contributed by atoms with Gasteiger partial charge in [-0.1, -0.05) is 6.07 Å². The van der Waals surface area contributed by atoms with Crippen molar-refractivity contribution in [1.82, 2.24) is 15.3 Å². The molecule has 0 saturated heterocycles. The summed E-state index contributed by atoms with van der Waals surface area (Å²) in [5, 5.41) is 2.03. The lowest BCUT2D eigenvalue weighted by Crippen LogP contribution is -2.48. The van der Waals surface area contributed by atoms with Crippen LogP contribution in [0.1, 0.15) is 45.7 Å². The lowest BCUT2D eigenvalue weighted by atomic mass is 10.0. The van der Waals surface area contributed by atoms with Crippen LogP contribution in [0.5, 0.6) is 0 Å². The van der Waals surface area contributed by atoms with Gasteiger partial charge in [-0.15, -0.1) is 0 Å². The molecule has 1 fully saturated rings. The first-order chi connectivity index (χ1) is 12.4. The van der Waals surface area contributed by atoms with Gasteiger partial charge < -0.3 is 10.3 Å². The number of aromatic amines is 1. The van der Waals surface area contributed by atoms with E-state index < -0.39 is 29.5 Å². The first-order valence-corrected chi connectivity index (χ1v) is 8.01. The number of amides is 1. The maximum Gasteiger partial charge on any atom is 0.433 e. The normalized spacial score (nSPS) is 16.3. The summed E-state index contributed by atoms with van der Waals surface area (Å²) in [6.45, 7) is 1.56. The Morgan fingerprint density at radius 1 is 1.22 bits per heavy atom. The summed E-state index contributed by atoms with van der Waals surface area (Å²) < 4.78 is 76.5. The molecule has 0 aliphatic heterocycles. The van der Waals surface area contributed by atoms with Gasteiger partial charge in [-0.2, -0.15) is 26.3 Å². The highest BCUT2D eigenvalue weighted by Gasteiger charge is 2.64. The number of carbonyl (C=O) groups excluding carboxylic acids is 1. The molecule has 10 heteroatoms. The van der Waals surface area contributed by atoms with Crippen molar-refractivity contribution in [2.75, 3.05) is 0 Å². The Bertz CT molecular complexity index is 847. The van der Waals surface area contributed by atoms with Crippen LogP contribution in [0.3, 0.4) is 0 Å². The standard InChI is InChI=1S/C17H15F6N3O/c1-9-11(6-10-2-3-12(24-7-10)16(18,19)20)8-25-13(9)14(27)26-15(4-5-15)17(21,22)23/h2-3,7-8,25H,4-6H2,1H3,(H,26,27). The van der Waals surface area contributed by atoms with Gasteiger partial charge in [-0.05, 0) is 42.5 Å². The van der Waals surface area contributed by atoms with Crippen LogP contribution < -0.4 is 5.32 Å². The fourth-order valence-corrected chi connectivity index (χ4v) is 2.76. The molecule has 1 saturated carbocycles. The molecule has 0 radical (unpaired) electrons. The van der Waals surface area contributed by atoms with Crippen molar-refractivity contribution in [3.05, 3.63) is 52.6 Å². The molecule has 2 N–H and O–H groups in total. The molecular weight excluding hydrogens is 376 g/mol. The third kappa shape index (κ3) is 3.79. The van der Waals surface area contributed by atoms with Crippen molar-refractivity contribution >= 4 is 5.91 Å². The Morgan fingerprint density at radius 3 is 2.37 bits per heavy atom. The highest BCUT2D eigenvalue weighted by molar-refractivity contribution is 5.95. The molecule has 27 heavy (non-hydrogen) atoms. The second-order valence-corrected chi connectivity index (χ2v) is 6.57. The van der Waals surface area contributed by atoms with Crippen molar-refractivity contribution in [3.63, 3.8) is 0 Å². The molecule has 4 nitrogen and oxygen atoms in total. The summed E-state index contributed by atoms with van der Waals surface area (Å²) in [6, 6.07) is 2.12. The van der Waals surface area contributed by atoms with Crippen molar-refractivity contribution in [2.45, 2.75) is 44.1 Å². The van der Waals surface area contributed by atoms with Gasteiger partial charge in [0, 0.05) is 18.8 Å². The predicted molar refractivity (Wildman–Crippen MR) is 83.1 cm³/mol. The van der Waals surface area contributed by atoms with Crippen molar-refractivity contribution in [2.24, 2.45) is 0 Å².